The molecule has 3 nitrogen and oxygen atoms in total. The van der Waals surface area contributed by atoms with Gasteiger partial charge in [0.05, 0.1) is 0 Å². The van der Waals surface area contributed by atoms with E-state index < -0.39 is 0 Å². The number of rotatable bonds is 3. The van der Waals surface area contributed by atoms with Gasteiger partial charge >= 0.3 is 0 Å². The van der Waals surface area contributed by atoms with E-state index in [1.165, 1.54) is 0 Å². The Morgan fingerprint density at radius 2 is 2.07 bits per heavy atom. The molecule has 0 aromatic heterocycles. The van der Waals surface area contributed by atoms with Crippen molar-refractivity contribution in [3.63, 3.8) is 0 Å². The van der Waals surface area contributed by atoms with Gasteiger partial charge in [-0.3, -0.25) is 4.79 Å². The van der Waals surface area contributed by atoms with Gasteiger partial charge in [0.15, 0.2) is 0 Å². The Kier molecular flexibility index (Phi) is 3.87. The number of halogens is 1. The zero-order chi connectivity index (χ0) is 10.7. The second-order valence-corrected chi connectivity index (χ2v) is 4.89. The lowest BCUT2D eigenvalue weighted by Crippen LogP contribution is -2.33. The van der Waals surface area contributed by atoms with Crippen LogP contribution in [-0.4, -0.2) is 43.0 Å². The smallest absolute Gasteiger partial charge is 0.222 e. The van der Waals surface area contributed by atoms with Crippen LogP contribution in [0.15, 0.2) is 0 Å². The van der Waals surface area contributed by atoms with E-state index in [9.17, 15) is 4.79 Å². The molecule has 1 amide bonds. The molecule has 0 saturated carbocycles. The molecule has 0 spiro atoms. The second kappa shape index (κ2) is 5.17. The monoisotopic (exact) mass is 231 g/mol. The molecule has 0 aromatic carbocycles. The van der Waals surface area contributed by atoms with E-state index >= 15 is 0 Å². The Morgan fingerprint density at radius 3 is 2.67 bits per heavy atom. The highest BCUT2D eigenvalue weighted by Crippen LogP contribution is 2.23. The lowest BCUT2D eigenvalue weighted by atomic mass is 10.00. The van der Waals surface area contributed by atoms with Crippen molar-refractivity contribution < 1.29 is 9.53 Å². The summed E-state index contributed by atoms with van der Waals surface area (Å²) in [5.74, 6) is 1.90. The van der Waals surface area contributed by atoms with Gasteiger partial charge in [-0.2, -0.15) is 0 Å². The largest absolute Gasteiger partial charge is 0.381 e. The molecule has 2 rings (SSSR count). The van der Waals surface area contributed by atoms with Crippen LogP contribution >= 0.6 is 11.6 Å². The molecule has 0 bridgehead atoms. The Labute approximate surface area is 95.7 Å². The molecule has 1 unspecified atom stereocenters. The summed E-state index contributed by atoms with van der Waals surface area (Å²) < 4.78 is 5.31. The zero-order valence-corrected chi connectivity index (χ0v) is 9.71. The van der Waals surface area contributed by atoms with Gasteiger partial charge in [-0.15, -0.1) is 11.6 Å². The minimum atomic E-state index is 0.284. The second-order valence-electron chi connectivity index (χ2n) is 4.58. The van der Waals surface area contributed by atoms with Crippen LogP contribution in [0.5, 0.6) is 0 Å². The molecule has 86 valence electrons. The maximum Gasteiger partial charge on any atom is 0.222 e. The topological polar surface area (TPSA) is 29.5 Å². The quantitative estimate of drug-likeness (QED) is 0.689. The summed E-state index contributed by atoms with van der Waals surface area (Å²) >= 11 is 5.78. The zero-order valence-electron chi connectivity index (χ0n) is 8.95. The van der Waals surface area contributed by atoms with Crippen molar-refractivity contribution in [3.05, 3.63) is 0 Å². The highest BCUT2D eigenvalue weighted by Gasteiger charge is 2.30. The number of likely N-dealkylation sites (tertiary alicyclic amines) is 1. The third-order valence-corrected chi connectivity index (χ3v) is 3.77. The average Bonchev–Trinajstić information content (AvgIpc) is 2.61. The van der Waals surface area contributed by atoms with Gasteiger partial charge in [-0.05, 0) is 24.7 Å². The van der Waals surface area contributed by atoms with Gasteiger partial charge in [0.25, 0.3) is 0 Å². The summed E-state index contributed by atoms with van der Waals surface area (Å²) in [6.45, 7) is 3.48. The van der Waals surface area contributed by atoms with E-state index in [1.54, 1.807) is 0 Å². The average molecular weight is 232 g/mol. The van der Waals surface area contributed by atoms with Crippen LogP contribution in [0.4, 0.5) is 0 Å². The molecule has 2 aliphatic heterocycles. The molecule has 15 heavy (non-hydrogen) atoms. The number of carbonyl (C=O) groups excluding carboxylic acids is 1. The van der Waals surface area contributed by atoms with Crippen LogP contribution in [0.25, 0.3) is 0 Å². The normalized spacial score (nSPS) is 28.7. The van der Waals surface area contributed by atoms with Crippen LogP contribution in [-0.2, 0) is 9.53 Å². The highest BCUT2D eigenvalue weighted by molar-refractivity contribution is 6.18. The lowest BCUT2D eigenvalue weighted by Gasteiger charge is -2.27. The van der Waals surface area contributed by atoms with Crippen LogP contribution in [0, 0.1) is 11.8 Å². The molecule has 2 saturated heterocycles. The molecule has 0 radical (unpaired) electrons. The first-order valence-electron chi connectivity index (χ1n) is 5.71. The van der Waals surface area contributed by atoms with E-state index in [-0.39, 0.29) is 5.91 Å². The Hall–Kier alpha value is -0.280. The molecule has 2 aliphatic rings. The minimum absolute atomic E-state index is 0.284. The van der Waals surface area contributed by atoms with E-state index in [1.807, 2.05) is 4.90 Å². The first-order valence-corrected chi connectivity index (χ1v) is 6.24. The highest BCUT2D eigenvalue weighted by atomic mass is 35.5. The van der Waals surface area contributed by atoms with Crippen molar-refractivity contribution in [2.75, 3.05) is 32.2 Å². The standard InChI is InChI=1S/C11H18ClNO2/c12-6-10-5-11(14)13(8-10)7-9-1-3-15-4-2-9/h9-10H,1-8H2. The summed E-state index contributed by atoms with van der Waals surface area (Å²) in [6.07, 6.45) is 2.83. The van der Waals surface area contributed by atoms with Crippen molar-refractivity contribution in [2.24, 2.45) is 11.8 Å². The molecule has 0 aliphatic carbocycles. The maximum absolute atomic E-state index is 11.7. The summed E-state index contributed by atoms with van der Waals surface area (Å²) in [6, 6.07) is 0. The first-order chi connectivity index (χ1) is 7.29. The summed E-state index contributed by atoms with van der Waals surface area (Å²) in [5, 5.41) is 0. The number of carbonyl (C=O) groups is 1. The summed E-state index contributed by atoms with van der Waals surface area (Å²) in [4.78, 5) is 13.6. The van der Waals surface area contributed by atoms with Crippen LogP contribution in [0.1, 0.15) is 19.3 Å². The summed E-state index contributed by atoms with van der Waals surface area (Å²) in [7, 11) is 0. The van der Waals surface area contributed by atoms with Crippen molar-refractivity contribution in [1.82, 2.24) is 4.90 Å². The Morgan fingerprint density at radius 1 is 1.33 bits per heavy atom. The molecule has 0 aromatic rings. The van der Waals surface area contributed by atoms with Crippen molar-refractivity contribution in [3.8, 4) is 0 Å². The van der Waals surface area contributed by atoms with Gasteiger partial charge in [0.2, 0.25) is 5.91 Å². The third-order valence-electron chi connectivity index (χ3n) is 3.33. The van der Waals surface area contributed by atoms with Crippen molar-refractivity contribution in [1.29, 1.82) is 0 Å². The van der Waals surface area contributed by atoms with E-state index in [4.69, 9.17) is 16.3 Å². The predicted octanol–water partition coefficient (Wildman–Crippen LogP) is 1.50. The fraction of sp³-hybridized carbons (Fsp3) is 0.909. The van der Waals surface area contributed by atoms with Gasteiger partial charge in [-0.1, -0.05) is 0 Å². The number of hydrogen-bond donors (Lipinski definition) is 0. The van der Waals surface area contributed by atoms with E-state index in [2.05, 4.69) is 0 Å². The molecule has 2 fully saturated rings. The molecule has 0 N–H and O–H groups in total. The van der Waals surface area contributed by atoms with E-state index in [0.717, 1.165) is 39.1 Å². The Balaban J connectivity index is 1.81. The molecular weight excluding hydrogens is 214 g/mol. The van der Waals surface area contributed by atoms with Crippen LogP contribution in [0.2, 0.25) is 0 Å². The molecule has 1 atom stereocenters. The van der Waals surface area contributed by atoms with E-state index in [0.29, 0.717) is 24.1 Å². The molecule has 2 heterocycles. The summed E-state index contributed by atoms with van der Waals surface area (Å²) in [5.41, 5.74) is 0. The predicted molar refractivity (Wildman–Crippen MR) is 59.0 cm³/mol. The number of nitrogens with zero attached hydrogens (tertiary/aromatic N) is 1. The number of ether oxygens (including phenoxy) is 1. The van der Waals surface area contributed by atoms with Gasteiger partial charge in [0.1, 0.15) is 0 Å². The Bertz CT molecular complexity index is 229. The minimum Gasteiger partial charge on any atom is -0.381 e. The van der Waals surface area contributed by atoms with Gasteiger partial charge < -0.3 is 9.64 Å². The number of hydrogen-bond acceptors (Lipinski definition) is 2. The lowest BCUT2D eigenvalue weighted by molar-refractivity contribution is -0.128. The third kappa shape index (κ3) is 2.85. The van der Waals surface area contributed by atoms with Crippen LogP contribution in [0.3, 0.4) is 0 Å². The van der Waals surface area contributed by atoms with Gasteiger partial charge in [-0.25, -0.2) is 0 Å². The van der Waals surface area contributed by atoms with Crippen LogP contribution < -0.4 is 0 Å². The van der Waals surface area contributed by atoms with Crippen molar-refractivity contribution in [2.45, 2.75) is 19.3 Å². The van der Waals surface area contributed by atoms with Crippen molar-refractivity contribution >= 4 is 17.5 Å². The number of amides is 1. The fourth-order valence-corrected chi connectivity index (χ4v) is 2.58. The maximum atomic E-state index is 11.7. The number of alkyl halides is 1. The fourth-order valence-electron chi connectivity index (χ4n) is 2.37. The molecule has 4 heteroatoms. The SMILES string of the molecule is O=C1CC(CCl)CN1CC1CCOCC1. The first kappa shape index (κ1) is 11.2. The molecular formula is C11H18ClNO2. The van der Waals surface area contributed by atoms with Gasteiger partial charge in [0, 0.05) is 38.6 Å².